The van der Waals surface area contributed by atoms with E-state index in [0.29, 0.717) is 18.2 Å². The molecule has 0 aliphatic carbocycles. The third-order valence-electron chi connectivity index (χ3n) is 2.57. The second kappa shape index (κ2) is 4.84. The van der Waals surface area contributed by atoms with E-state index in [-0.39, 0.29) is 0 Å². The molecule has 0 atom stereocenters. The zero-order valence-corrected chi connectivity index (χ0v) is 10.5. The lowest BCUT2D eigenvalue weighted by Gasteiger charge is -2.05. The van der Waals surface area contributed by atoms with Gasteiger partial charge < -0.3 is 9.84 Å². The lowest BCUT2D eigenvalue weighted by atomic mass is 10.2. The van der Waals surface area contributed by atoms with Crippen LogP contribution in [0, 0.1) is 32.1 Å². The summed E-state index contributed by atoms with van der Waals surface area (Å²) in [5.74, 6) is 1.21. The number of nitrogens with one attached hydrogen (secondary N) is 1. The van der Waals surface area contributed by atoms with Gasteiger partial charge in [-0.3, -0.25) is 0 Å². The van der Waals surface area contributed by atoms with E-state index in [9.17, 15) is 0 Å². The van der Waals surface area contributed by atoms with E-state index in [1.54, 1.807) is 6.07 Å². The maximum absolute atomic E-state index is 8.83. The number of hydrogen-bond acceptors (Lipinski definition) is 6. The van der Waals surface area contributed by atoms with Crippen molar-refractivity contribution in [1.82, 2.24) is 15.1 Å². The second-order valence-corrected chi connectivity index (χ2v) is 3.99. The van der Waals surface area contributed by atoms with Crippen molar-refractivity contribution in [3.05, 3.63) is 34.5 Å². The zero-order chi connectivity index (χ0) is 13.1. The van der Waals surface area contributed by atoms with Crippen molar-refractivity contribution in [2.45, 2.75) is 27.3 Å². The molecule has 0 aliphatic rings. The Labute approximate surface area is 105 Å². The van der Waals surface area contributed by atoms with Gasteiger partial charge in [-0.15, -0.1) is 0 Å². The van der Waals surface area contributed by atoms with Gasteiger partial charge in [0.25, 0.3) is 0 Å². The molecule has 0 aromatic carbocycles. The average molecular weight is 243 g/mol. The highest BCUT2D eigenvalue weighted by molar-refractivity contribution is 5.35. The summed E-state index contributed by atoms with van der Waals surface area (Å²) in [5, 5.41) is 15.8. The minimum Gasteiger partial charge on any atom is -0.361 e. The first kappa shape index (κ1) is 12.0. The molecule has 0 saturated carbocycles. The Hall–Kier alpha value is -2.42. The average Bonchev–Trinajstić information content (AvgIpc) is 2.66. The number of nitriles is 1. The number of nitrogens with zero attached hydrogens (tertiary/aromatic N) is 4. The summed E-state index contributed by atoms with van der Waals surface area (Å²) in [6.45, 7) is 6.08. The molecule has 0 amide bonds. The number of hydrogen-bond donors (Lipinski definition) is 1. The van der Waals surface area contributed by atoms with Crippen molar-refractivity contribution in [2.24, 2.45) is 0 Å². The molecule has 2 aromatic rings. The Morgan fingerprint density at radius 2 is 2.11 bits per heavy atom. The van der Waals surface area contributed by atoms with Crippen LogP contribution in [0.1, 0.15) is 28.4 Å². The molecule has 6 nitrogen and oxygen atoms in total. The third kappa shape index (κ3) is 2.46. The number of aromatic nitrogens is 3. The first-order valence-electron chi connectivity index (χ1n) is 5.51. The van der Waals surface area contributed by atoms with Crippen molar-refractivity contribution < 1.29 is 4.52 Å². The molecule has 0 unspecified atom stereocenters. The standard InChI is InChI=1S/C12H13N5O/c1-7-4-10(5-13)16-12(15-7)14-6-11-8(2)17-18-9(11)3/h4H,6H2,1-3H3,(H,14,15,16). The Kier molecular flexibility index (Phi) is 3.24. The van der Waals surface area contributed by atoms with E-state index in [1.807, 2.05) is 26.8 Å². The normalized spacial score (nSPS) is 10.1. The summed E-state index contributed by atoms with van der Waals surface area (Å²) in [4.78, 5) is 8.29. The molecule has 6 heteroatoms. The fraction of sp³-hybridized carbons (Fsp3) is 0.333. The van der Waals surface area contributed by atoms with Crippen LogP contribution in [0.5, 0.6) is 0 Å². The molecule has 0 saturated heterocycles. The monoisotopic (exact) mass is 243 g/mol. The van der Waals surface area contributed by atoms with Gasteiger partial charge in [0.2, 0.25) is 5.95 Å². The SMILES string of the molecule is Cc1cc(C#N)nc(NCc2c(C)noc2C)n1. The van der Waals surface area contributed by atoms with Crippen LogP contribution in [0.25, 0.3) is 0 Å². The Morgan fingerprint density at radius 1 is 1.33 bits per heavy atom. The van der Waals surface area contributed by atoms with Crippen molar-refractivity contribution in [1.29, 1.82) is 5.26 Å². The lowest BCUT2D eigenvalue weighted by molar-refractivity contribution is 0.392. The fourth-order valence-electron chi connectivity index (χ4n) is 1.63. The van der Waals surface area contributed by atoms with Crippen LogP contribution in [-0.4, -0.2) is 15.1 Å². The first-order chi connectivity index (χ1) is 8.60. The van der Waals surface area contributed by atoms with Crippen LogP contribution in [0.4, 0.5) is 5.95 Å². The zero-order valence-electron chi connectivity index (χ0n) is 10.5. The summed E-state index contributed by atoms with van der Waals surface area (Å²) in [7, 11) is 0. The van der Waals surface area contributed by atoms with Crippen LogP contribution in [-0.2, 0) is 6.54 Å². The quantitative estimate of drug-likeness (QED) is 0.885. The second-order valence-electron chi connectivity index (χ2n) is 3.99. The van der Waals surface area contributed by atoms with Crippen molar-refractivity contribution >= 4 is 5.95 Å². The minimum absolute atomic E-state index is 0.351. The molecular formula is C12H13N5O. The lowest BCUT2D eigenvalue weighted by Crippen LogP contribution is -2.06. The topological polar surface area (TPSA) is 87.6 Å². The van der Waals surface area contributed by atoms with Gasteiger partial charge >= 0.3 is 0 Å². The van der Waals surface area contributed by atoms with Gasteiger partial charge in [-0.25, -0.2) is 9.97 Å². The van der Waals surface area contributed by atoms with Crippen molar-refractivity contribution in [2.75, 3.05) is 5.32 Å². The summed E-state index contributed by atoms with van der Waals surface area (Å²) in [6.07, 6.45) is 0. The molecule has 2 aromatic heterocycles. The largest absolute Gasteiger partial charge is 0.361 e. The molecule has 0 fully saturated rings. The Bertz CT molecular complexity index is 592. The van der Waals surface area contributed by atoms with Gasteiger partial charge in [-0.1, -0.05) is 5.16 Å². The van der Waals surface area contributed by atoms with Gasteiger partial charge in [0.1, 0.15) is 17.5 Å². The minimum atomic E-state index is 0.351. The highest BCUT2D eigenvalue weighted by Crippen LogP contribution is 2.13. The van der Waals surface area contributed by atoms with E-state index < -0.39 is 0 Å². The van der Waals surface area contributed by atoms with Crippen molar-refractivity contribution in [3.8, 4) is 6.07 Å². The third-order valence-corrected chi connectivity index (χ3v) is 2.57. The highest BCUT2D eigenvalue weighted by Gasteiger charge is 2.09. The molecule has 0 radical (unpaired) electrons. The molecular weight excluding hydrogens is 230 g/mol. The van der Waals surface area contributed by atoms with Crippen LogP contribution in [0.2, 0.25) is 0 Å². The molecule has 0 aliphatic heterocycles. The Morgan fingerprint density at radius 3 is 2.72 bits per heavy atom. The maximum Gasteiger partial charge on any atom is 0.224 e. The van der Waals surface area contributed by atoms with Gasteiger partial charge in [0, 0.05) is 17.8 Å². The predicted octanol–water partition coefficient (Wildman–Crippen LogP) is 1.87. The molecule has 18 heavy (non-hydrogen) atoms. The number of aryl methyl sites for hydroxylation is 3. The Balaban J connectivity index is 2.16. The van der Waals surface area contributed by atoms with E-state index in [1.165, 1.54) is 0 Å². The number of rotatable bonds is 3. The van der Waals surface area contributed by atoms with Crippen LogP contribution < -0.4 is 5.32 Å². The molecule has 0 bridgehead atoms. The van der Waals surface area contributed by atoms with Crippen LogP contribution in [0.3, 0.4) is 0 Å². The molecule has 1 N–H and O–H groups in total. The summed E-state index contributed by atoms with van der Waals surface area (Å²) < 4.78 is 5.07. The van der Waals surface area contributed by atoms with Gasteiger partial charge in [0.15, 0.2) is 0 Å². The molecule has 92 valence electrons. The van der Waals surface area contributed by atoms with Crippen LogP contribution in [0.15, 0.2) is 10.6 Å². The molecule has 2 heterocycles. The first-order valence-corrected chi connectivity index (χ1v) is 5.51. The summed E-state index contributed by atoms with van der Waals surface area (Å²) in [6, 6.07) is 3.64. The van der Waals surface area contributed by atoms with Crippen molar-refractivity contribution in [3.63, 3.8) is 0 Å². The summed E-state index contributed by atoms with van der Waals surface area (Å²) >= 11 is 0. The van der Waals surface area contributed by atoms with E-state index >= 15 is 0 Å². The van der Waals surface area contributed by atoms with E-state index in [0.717, 1.165) is 22.7 Å². The summed E-state index contributed by atoms with van der Waals surface area (Å²) in [5.41, 5.74) is 2.93. The van der Waals surface area contributed by atoms with Gasteiger partial charge in [-0.2, -0.15) is 5.26 Å². The van der Waals surface area contributed by atoms with Gasteiger partial charge in [0.05, 0.1) is 5.69 Å². The predicted molar refractivity (Wildman–Crippen MR) is 64.8 cm³/mol. The smallest absolute Gasteiger partial charge is 0.224 e. The highest BCUT2D eigenvalue weighted by atomic mass is 16.5. The molecule has 0 spiro atoms. The van der Waals surface area contributed by atoms with E-state index in [2.05, 4.69) is 20.4 Å². The van der Waals surface area contributed by atoms with Gasteiger partial charge in [-0.05, 0) is 26.8 Å². The molecule has 2 rings (SSSR count). The fourth-order valence-corrected chi connectivity index (χ4v) is 1.63. The maximum atomic E-state index is 8.83. The van der Waals surface area contributed by atoms with E-state index in [4.69, 9.17) is 9.78 Å². The van der Waals surface area contributed by atoms with Crippen LogP contribution >= 0.6 is 0 Å². The number of anilines is 1.